The summed E-state index contributed by atoms with van der Waals surface area (Å²) in [5.41, 5.74) is 0.694. The molecule has 3 N–H and O–H groups in total. The van der Waals surface area contributed by atoms with Gasteiger partial charge >= 0.3 is 6.03 Å². The van der Waals surface area contributed by atoms with E-state index >= 15 is 0 Å². The van der Waals surface area contributed by atoms with Crippen molar-refractivity contribution in [1.82, 2.24) is 20.5 Å². The van der Waals surface area contributed by atoms with Crippen molar-refractivity contribution in [3.05, 3.63) is 16.1 Å². The maximum atomic E-state index is 12.3. The summed E-state index contributed by atoms with van der Waals surface area (Å²) >= 11 is 2.05. The number of amides is 2. The molecule has 2 rings (SSSR count). The zero-order chi connectivity index (χ0) is 14.5. The first-order chi connectivity index (χ1) is 9.58. The number of nitrogens with one attached hydrogen (secondary N) is 3. The minimum atomic E-state index is -2.69. The van der Waals surface area contributed by atoms with E-state index in [-0.39, 0.29) is 11.7 Å². The molecule has 0 aliphatic heterocycles. The molecule has 0 saturated carbocycles. The van der Waals surface area contributed by atoms with Gasteiger partial charge in [-0.3, -0.25) is 5.32 Å². The Morgan fingerprint density at radius 2 is 2.20 bits per heavy atom. The summed E-state index contributed by atoms with van der Waals surface area (Å²) in [6.07, 6.45) is -2.69. The molecule has 0 fully saturated rings. The zero-order valence-electron chi connectivity index (χ0n) is 10.2. The van der Waals surface area contributed by atoms with Crippen molar-refractivity contribution in [2.24, 2.45) is 0 Å². The van der Waals surface area contributed by atoms with Crippen LogP contribution in [-0.2, 0) is 6.54 Å². The van der Waals surface area contributed by atoms with Gasteiger partial charge in [0.25, 0.3) is 6.43 Å². The summed E-state index contributed by atoms with van der Waals surface area (Å²) in [7, 11) is 1.75. The quantitative estimate of drug-likeness (QED) is 0.786. The van der Waals surface area contributed by atoms with Crippen LogP contribution in [-0.4, -0.2) is 28.3 Å². The van der Waals surface area contributed by atoms with Crippen molar-refractivity contribution in [2.45, 2.75) is 13.0 Å². The molecule has 20 heavy (non-hydrogen) atoms. The fourth-order valence-corrected chi connectivity index (χ4v) is 2.45. The molecule has 0 radical (unpaired) electrons. The summed E-state index contributed by atoms with van der Waals surface area (Å²) in [5.74, 6) is 0. The predicted octanol–water partition coefficient (Wildman–Crippen LogP) is 2.30. The normalized spacial score (nSPS) is 10.6. The molecule has 0 aromatic carbocycles. The number of aromatic nitrogens is 3. The fourth-order valence-electron chi connectivity index (χ4n) is 1.19. The number of alkyl halides is 2. The third kappa shape index (κ3) is 3.81. The van der Waals surface area contributed by atoms with Crippen LogP contribution in [0.2, 0.25) is 0 Å². The van der Waals surface area contributed by atoms with Crippen LogP contribution in [0.3, 0.4) is 0 Å². The molecule has 0 aliphatic carbocycles. The maximum Gasteiger partial charge on any atom is 0.321 e. The van der Waals surface area contributed by atoms with Gasteiger partial charge < -0.3 is 10.6 Å². The van der Waals surface area contributed by atoms with Crippen LogP contribution in [0, 0.1) is 0 Å². The van der Waals surface area contributed by atoms with Crippen molar-refractivity contribution in [1.29, 1.82) is 0 Å². The molecule has 2 aromatic rings. The highest BCUT2D eigenvalue weighted by atomic mass is 32.1. The molecule has 11 heteroatoms. The molecule has 0 bridgehead atoms. The van der Waals surface area contributed by atoms with Gasteiger partial charge in [0, 0.05) is 12.4 Å². The highest BCUT2D eigenvalue weighted by molar-refractivity contribution is 7.15. The summed E-state index contributed by atoms with van der Waals surface area (Å²) < 4.78 is 24.6. The van der Waals surface area contributed by atoms with Gasteiger partial charge in [0.15, 0.2) is 10.1 Å². The molecule has 0 atom stereocenters. The van der Waals surface area contributed by atoms with Gasteiger partial charge in [0.1, 0.15) is 0 Å². The van der Waals surface area contributed by atoms with E-state index in [9.17, 15) is 13.6 Å². The number of halogens is 2. The Morgan fingerprint density at radius 1 is 1.40 bits per heavy atom. The minimum absolute atomic E-state index is 0.0204. The van der Waals surface area contributed by atoms with Gasteiger partial charge in [-0.15, -0.1) is 21.5 Å². The van der Waals surface area contributed by atoms with E-state index in [1.807, 2.05) is 0 Å². The third-order valence-electron chi connectivity index (χ3n) is 2.04. The molecule has 2 heterocycles. The Morgan fingerprint density at radius 3 is 2.80 bits per heavy atom. The lowest BCUT2D eigenvalue weighted by atomic mass is 10.5. The number of rotatable bonds is 5. The molecule has 2 amide bonds. The Hall–Kier alpha value is -1.88. The Bertz CT molecular complexity index is 587. The number of anilines is 2. The monoisotopic (exact) mass is 320 g/mol. The molecular formula is C9H10F2N6OS2. The molecule has 0 spiro atoms. The number of hydrogen-bond acceptors (Lipinski definition) is 7. The van der Waals surface area contributed by atoms with E-state index in [0.717, 1.165) is 5.13 Å². The van der Waals surface area contributed by atoms with Crippen LogP contribution in [0.25, 0.3) is 0 Å². The SMILES string of the molecule is CNc1nc(CNC(=O)Nc2nnc(C(F)F)s2)cs1. The second kappa shape index (κ2) is 6.52. The fraction of sp³-hybridized carbons (Fsp3) is 0.333. The second-order valence-electron chi connectivity index (χ2n) is 3.45. The average molecular weight is 320 g/mol. The average Bonchev–Trinajstić information content (AvgIpc) is 3.04. The molecule has 2 aromatic heterocycles. The van der Waals surface area contributed by atoms with E-state index < -0.39 is 17.5 Å². The third-order valence-corrected chi connectivity index (χ3v) is 3.80. The van der Waals surface area contributed by atoms with Crippen molar-refractivity contribution in [2.75, 3.05) is 17.7 Å². The molecule has 0 saturated heterocycles. The van der Waals surface area contributed by atoms with E-state index in [1.54, 1.807) is 12.4 Å². The van der Waals surface area contributed by atoms with E-state index in [0.29, 0.717) is 17.0 Å². The molecule has 108 valence electrons. The molecule has 7 nitrogen and oxygen atoms in total. The molecule has 0 unspecified atom stereocenters. The van der Waals surface area contributed by atoms with Crippen molar-refractivity contribution < 1.29 is 13.6 Å². The van der Waals surface area contributed by atoms with E-state index in [4.69, 9.17) is 0 Å². The topological polar surface area (TPSA) is 91.8 Å². The lowest BCUT2D eigenvalue weighted by Gasteiger charge is -2.02. The standard InChI is InChI=1S/C9H10F2N6OS2/c1-12-8-14-4(3-19-8)2-13-7(18)15-9-17-16-6(20-9)5(10)11/h3,5H,2H2,1H3,(H,12,14)(H2,13,15,17,18). The van der Waals surface area contributed by atoms with Gasteiger partial charge in [-0.1, -0.05) is 11.3 Å². The van der Waals surface area contributed by atoms with Crippen molar-refractivity contribution >= 4 is 39.0 Å². The van der Waals surface area contributed by atoms with Crippen LogP contribution >= 0.6 is 22.7 Å². The maximum absolute atomic E-state index is 12.3. The van der Waals surface area contributed by atoms with Crippen LogP contribution in [0.15, 0.2) is 5.38 Å². The number of carbonyl (C=O) groups is 1. The molecular weight excluding hydrogens is 310 g/mol. The Balaban J connectivity index is 1.82. The van der Waals surface area contributed by atoms with Crippen LogP contribution in [0.1, 0.15) is 17.1 Å². The van der Waals surface area contributed by atoms with Crippen molar-refractivity contribution in [3.8, 4) is 0 Å². The van der Waals surface area contributed by atoms with Crippen LogP contribution < -0.4 is 16.0 Å². The van der Waals surface area contributed by atoms with Gasteiger partial charge in [0.05, 0.1) is 12.2 Å². The minimum Gasteiger partial charge on any atom is -0.365 e. The van der Waals surface area contributed by atoms with Crippen LogP contribution in [0.4, 0.5) is 23.8 Å². The van der Waals surface area contributed by atoms with Gasteiger partial charge in [-0.25, -0.2) is 18.6 Å². The van der Waals surface area contributed by atoms with Gasteiger partial charge in [0.2, 0.25) is 5.13 Å². The highest BCUT2D eigenvalue weighted by Crippen LogP contribution is 2.24. The summed E-state index contributed by atoms with van der Waals surface area (Å²) in [6.45, 7) is 0.227. The number of urea groups is 1. The van der Waals surface area contributed by atoms with Crippen LogP contribution in [0.5, 0.6) is 0 Å². The number of thiazole rings is 1. The first-order valence-electron chi connectivity index (χ1n) is 5.37. The smallest absolute Gasteiger partial charge is 0.321 e. The Labute approximate surface area is 120 Å². The molecule has 0 aliphatic rings. The predicted molar refractivity (Wildman–Crippen MR) is 72.4 cm³/mol. The first kappa shape index (κ1) is 14.5. The second-order valence-corrected chi connectivity index (χ2v) is 5.32. The lowest BCUT2D eigenvalue weighted by molar-refractivity contribution is 0.150. The summed E-state index contributed by atoms with van der Waals surface area (Å²) in [6, 6.07) is -0.555. The lowest BCUT2D eigenvalue weighted by Crippen LogP contribution is -2.28. The van der Waals surface area contributed by atoms with Gasteiger partial charge in [-0.2, -0.15) is 0 Å². The Kier molecular flexibility index (Phi) is 4.74. The van der Waals surface area contributed by atoms with Crippen molar-refractivity contribution in [3.63, 3.8) is 0 Å². The summed E-state index contributed by atoms with van der Waals surface area (Å²) in [4.78, 5) is 15.7. The van der Waals surface area contributed by atoms with Gasteiger partial charge in [-0.05, 0) is 0 Å². The van der Waals surface area contributed by atoms with E-state index in [2.05, 4.69) is 31.1 Å². The zero-order valence-corrected chi connectivity index (χ0v) is 11.8. The number of nitrogens with zero attached hydrogens (tertiary/aromatic N) is 3. The first-order valence-corrected chi connectivity index (χ1v) is 7.06. The number of carbonyl (C=O) groups excluding carboxylic acids is 1. The largest absolute Gasteiger partial charge is 0.365 e. The summed E-state index contributed by atoms with van der Waals surface area (Å²) in [5, 5.41) is 16.6. The number of hydrogen-bond donors (Lipinski definition) is 3. The highest BCUT2D eigenvalue weighted by Gasteiger charge is 2.15. The van der Waals surface area contributed by atoms with E-state index in [1.165, 1.54) is 11.3 Å².